The Morgan fingerprint density at radius 2 is 2.18 bits per heavy atom. The summed E-state index contributed by atoms with van der Waals surface area (Å²) in [4.78, 5) is 20.3. The molecule has 0 aliphatic carbocycles. The zero-order valence-electron chi connectivity index (χ0n) is 10.8. The minimum atomic E-state index is 0.141. The third-order valence-electron chi connectivity index (χ3n) is 3.41. The summed E-state index contributed by atoms with van der Waals surface area (Å²) in [5, 5.41) is 0. The molecule has 0 radical (unpaired) electrons. The van der Waals surface area contributed by atoms with E-state index in [4.69, 9.17) is 0 Å². The Labute approximate surface area is 102 Å². The van der Waals surface area contributed by atoms with Gasteiger partial charge in [-0.3, -0.25) is 0 Å². The van der Waals surface area contributed by atoms with E-state index in [2.05, 4.69) is 4.98 Å². The van der Waals surface area contributed by atoms with Gasteiger partial charge in [0.15, 0.2) is 0 Å². The first-order valence-corrected chi connectivity index (χ1v) is 6.20. The van der Waals surface area contributed by atoms with Gasteiger partial charge in [0.1, 0.15) is 0 Å². The Morgan fingerprint density at radius 1 is 1.47 bits per heavy atom. The molecule has 1 aromatic rings. The Bertz CT molecular complexity index is 409. The van der Waals surface area contributed by atoms with Crippen molar-refractivity contribution in [3.8, 4) is 0 Å². The molecule has 0 aromatic carbocycles. The number of nitrogens with zero attached hydrogens (tertiary/aromatic N) is 4. The SMILES string of the molecule is CCN(CC)C(=O)N1CCc2ncn(C)c2C1. The molecular formula is C12H20N4O. The van der Waals surface area contributed by atoms with Crippen LogP contribution in [0.3, 0.4) is 0 Å². The molecule has 0 bridgehead atoms. The molecule has 0 saturated carbocycles. The molecule has 0 unspecified atom stereocenters. The van der Waals surface area contributed by atoms with Gasteiger partial charge in [0.2, 0.25) is 0 Å². The molecule has 5 heteroatoms. The van der Waals surface area contributed by atoms with Crippen molar-refractivity contribution < 1.29 is 4.79 Å². The van der Waals surface area contributed by atoms with Crippen LogP contribution in [0.1, 0.15) is 25.2 Å². The van der Waals surface area contributed by atoms with E-state index in [9.17, 15) is 4.79 Å². The smallest absolute Gasteiger partial charge is 0.320 e. The van der Waals surface area contributed by atoms with E-state index in [1.807, 2.05) is 41.6 Å². The maximum Gasteiger partial charge on any atom is 0.320 e. The van der Waals surface area contributed by atoms with Crippen molar-refractivity contribution in [2.45, 2.75) is 26.8 Å². The van der Waals surface area contributed by atoms with Crippen molar-refractivity contribution >= 4 is 6.03 Å². The number of imidazole rings is 1. The van der Waals surface area contributed by atoms with Gasteiger partial charge in [0.25, 0.3) is 0 Å². The van der Waals surface area contributed by atoms with Gasteiger partial charge in [0, 0.05) is 33.1 Å². The summed E-state index contributed by atoms with van der Waals surface area (Å²) >= 11 is 0. The number of urea groups is 1. The highest BCUT2D eigenvalue weighted by molar-refractivity contribution is 5.74. The third-order valence-corrected chi connectivity index (χ3v) is 3.41. The molecule has 0 N–H and O–H groups in total. The molecule has 94 valence electrons. The molecule has 1 aromatic heterocycles. The van der Waals surface area contributed by atoms with Crippen LogP contribution in [-0.2, 0) is 20.0 Å². The standard InChI is InChI=1S/C12H20N4O/c1-4-15(5-2)12(17)16-7-6-10-11(8-16)14(3)9-13-10/h9H,4-8H2,1-3H3. The molecule has 0 fully saturated rings. The monoisotopic (exact) mass is 236 g/mol. The summed E-state index contributed by atoms with van der Waals surface area (Å²) in [6.45, 7) is 7.02. The normalized spacial score (nSPS) is 14.6. The van der Waals surface area contributed by atoms with Gasteiger partial charge in [-0.05, 0) is 13.8 Å². The van der Waals surface area contributed by atoms with E-state index < -0.39 is 0 Å². The number of carbonyl (C=O) groups is 1. The predicted octanol–water partition coefficient (Wildman–Crippen LogP) is 1.24. The lowest BCUT2D eigenvalue weighted by molar-refractivity contribution is 0.150. The topological polar surface area (TPSA) is 41.4 Å². The van der Waals surface area contributed by atoms with Crippen LogP contribution >= 0.6 is 0 Å². The maximum atomic E-state index is 12.2. The number of hydrogen-bond acceptors (Lipinski definition) is 2. The molecule has 0 spiro atoms. The molecule has 5 nitrogen and oxygen atoms in total. The fourth-order valence-electron chi connectivity index (χ4n) is 2.27. The van der Waals surface area contributed by atoms with Gasteiger partial charge in [0.05, 0.1) is 24.3 Å². The lowest BCUT2D eigenvalue weighted by Crippen LogP contribution is -2.45. The van der Waals surface area contributed by atoms with Gasteiger partial charge in [-0.1, -0.05) is 0 Å². The molecule has 1 aliphatic rings. The van der Waals surface area contributed by atoms with Crippen molar-refractivity contribution in [3.05, 3.63) is 17.7 Å². The van der Waals surface area contributed by atoms with Gasteiger partial charge in [-0.25, -0.2) is 9.78 Å². The third kappa shape index (κ3) is 2.14. The Balaban J connectivity index is 2.11. The average molecular weight is 236 g/mol. The second-order valence-corrected chi connectivity index (χ2v) is 4.38. The van der Waals surface area contributed by atoms with Crippen LogP contribution in [0.5, 0.6) is 0 Å². The van der Waals surface area contributed by atoms with Crippen LogP contribution in [0.4, 0.5) is 4.79 Å². The van der Waals surface area contributed by atoms with Crippen LogP contribution in [0.2, 0.25) is 0 Å². The highest BCUT2D eigenvalue weighted by atomic mass is 16.2. The number of aryl methyl sites for hydroxylation is 1. The highest BCUT2D eigenvalue weighted by Crippen LogP contribution is 2.18. The molecular weight excluding hydrogens is 216 g/mol. The van der Waals surface area contributed by atoms with E-state index in [1.54, 1.807) is 0 Å². The Morgan fingerprint density at radius 3 is 2.82 bits per heavy atom. The summed E-state index contributed by atoms with van der Waals surface area (Å²) in [7, 11) is 1.98. The van der Waals surface area contributed by atoms with Gasteiger partial charge in [-0.2, -0.15) is 0 Å². The van der Waals surface area contributed by atoms with E-state index in [0.717, 1.165) is 37.4 Å². The van der Waals surface area contributed by atoms with E-state index in [1.165, 1.54) is 0 Å². The van der Waals surface area contributed by atoms with Crippen LogP contribution < -0.4 is 0 Å². The van der Waals surface area contributed by atoms with Gasteiger partial charge in [-0.15, -0.1) is 0 Å². The summed E-state index contributed by atoms with van der Waals surface area (Å²) < 4.78 is 2.01. The molecule has 0 saturated heterocycles. The lowest BCUT2D eigenvalue weighted by atomic mass is 10.1. The molecule has 0 atom stereocenters. The van der Waals surface area contributed by atoms with E-state index in [-0.39, 0.29) is 6.03 Å². The number of fused-ring (bicyclic) bond motifs is 1. The van der Waals surface area contributed by atoms with Crippen molar-refractivity contribution in [1.29, 1.82) is 0 Å². The largest absolute Gasteiger partial charge is 0.336 e. The summed E-state index contributed by atoms with van der Waals surface area (Å²) in [6.07, 6.45) is 2.69. The first-order valence-electron chi connectivity index (χ1n) is 6.20. The maximum absolute atomic E-state index is 12.2. The quantitative estimate of drug-likeness (QED) is 0.775. The van der Waals surface area contributed by atoms with Crippen molar-refractivity contribution in [2.24, 2.45) is 7.05 Å². The number of aromatic nitrogens is 2. The van der Waals surface area contributed by atoms with Crippen LogP contribution in [0, 0.1) is 0 Å². The van der Waals surface area contributed by atoms with Gasteiger partial charge >= 0.3 is 6.03 Å². The first-order chi connectivity index (χ1) is 8.17. The zero-order valence-corrected chi connectivity index (χ0v) is 10.8. The number of hydrogen-bond donors (Lipinski definition) is 0. The summed E-state index contributed by atoms with van der Waals surface area (Å²) in [6, 6.07) is 0.141. The fraction of sp³-hybridized carbons (Fsp3) is 0.667. The van der Waals surface area contributed by atoms with Crippen molar-refractivity contribution in [3.63, 3.8) is 0 Å². The molecule has 17 heavy (non-hydrogen) atoms. The number of amides is 2. The number of rotatable bonds is 2. The average Bonchev–Trinajstić information content (AvgIpc) is 2.72. The minimum Gasteiger partial charge on any atom is -0.336 e. The summed E-state index contributed by atoms with van der Waals surface area (Å²) in [5.74, 6) is 0. The van der Waals surface area contributed by atoms with Crippen molar-refractivity contribution in [2.75, 3.05) is 19.6 Å². The Hall–Kier alpha value is -1.52. The minimum absolute atomic E-state index is 0.141. The number of carbonyl (C=O) groups excluding carboxylic acids is 1. The van der Waals surface area contributed by atoms with Crippen LogP contribution in [-0.4, -0.2) is 45.0 Å². The zero-order chi connectivity index (χ0) is 12.4. The fourth-order valence-corrected chi connectivity index (χ4v) is 2.27. The van der Waals surface area contributed by atoms with E-state index in [0.29, 0.717) is 6.54 Å². The lowest BCUT2D eigenvalue weighted by Gasteiger charge is -2.32. The molecule has 1 aliphatic heterocycles. The highest BCUT2D eigenvalue weighted by Gasteiger charge is 2.25. The Kier molecular flexibility index (Phi) is 3.36. The molecule has 2 rings (SSSR count). The van der Waals surface area contributed by atoms with Crippen LogP contribution in [0.15, 0.2) is 6.33 Å². The van der Waals surface area contributed by atoms with Gasteiger partial charge < -0.3 is 14.4 Å². The van der Waals surface area contributed by atoms with Crippen LogP contribution in [0.25, 0.3) is 0 Å². The molecule has 2 heterocycles. The van der Waals surface area contributed by atoms with E-state index >= 15 is 0 Å². The second kappa shape index (κ2) is 4.77. The summed E-state index contributed by atoms with van der Waals surface area (Å²) in [5.41, 5.74) is 2.30. The molecule has 2 amide bonds. The van der Waals surface area contributed by atoms with Crippen molar-refractivity contribution in [1.82, 2.24) is 19.4 Å². The predicted molar refractivity (Wildman–Crippen MR) is 65.6 cm³/mol. The second-order valence-electron chi connectivity index (χ2n) is 4.38. The first kappa shape index (κ1) is 12.0.